The fraction of sp³-hybridized carbons (Fsp3) is 0.547. The molecule has 18 rings (SSSR count). The minimum Gasteiger partial charge on any atom is -0.493 e. The summed E-state index contributed by atoms with van der Waals surface area (Å²) in [4.78, 5) is 12.1. The number of aryl methyl sites for hydroxylation is 7. The van der Waals surface area contributed by atoms with Crippen LogP contribution in [-0.4, -0.2) is 19.0 Å². The molecule has 0 aromatic heterocycles. The highest BCUT2D eigenvalue weighted by Crippen LogP contribution is 2.49. The predicted octanol–water partition coefficient (Wildman–Crippen LogP) is 22.9. The minimum atomic E-state index is 0.0970. The summed E-state index contributed by atoms with van der Waals surface area (Å²) in [6.07, 6.45) is 41.0. The molecule has 3 nitrogen and oxygen atoms in total. The van der Waals surface area contributed by atoms with E-state index in [4.69, 9.17) is 9.47 Å². The zero-order chi connectivity index (χ0) is 69.8. The molecule has 98 heavy (non-hydrogen) atoms. The normalized spacial score (nSPS) is 18.1. The molecule has 0 saturated heterocycles. The van der Waals surface area contributed by atoms with Crippen LogP contribution in [0.25, 0.3) is 17.7 Å². The van der Waals surface area contributed by atoms with Gasteiger partial charge in [-0.2, -0.15) is 0 Å². The van der Waals surface area contributed by atoms with Crippen LogP contribution in [0.3, 0.4) is 0 Å². The van der Waals surface area contributed by atoms with Crippen LogP contribution < -0.4 is 9.47 Å². The van der Waals surface area contributed by atoms with Crippen molar-refractivity contribution in [2.45, 2.75) is 324 Å². The first-order valence-electron chi connectivity index (χ1n) is 39.1. The molecule has 10 aliphatic carbocycles. The highest BCUT2D eigenvalue weighted by atomic mass is 16.5. The van der Waals surface area contributed by atoms with Gasteiger partial charge in [0.1, 0.15) is 11.5 Å². The monoisotopic (exact) mass is 1310 g/mol. The molecule has 0 amide bonds. The van der Waals surface area contributed by atoms with Crippen molar-refractivity contribution in [3.05, 3.63) is 211 Å². The van der Waals surface area contributed by atoms with Crippen LogP contribution in [0.5, 0.6) is 11.5 Å². The van der Waals surface area contributed by atoms with Crippen molar-refractivity contribution in [3.8, 4) is 11.5 Å². The van der Waals surface area contributed by atoms with Gasteiger partial charge in [0, 0.05) is 36.0 Å². The lowest BCUT2D eigenvalue weighted by Crippen LogP contribution is -2.19. The Balaban J connectivity index is 0.000000106. The fourth-order valence-corrected chi connectivity index (χ4v) is 20.4. The number of fused-ring (bicyclic) bond motifs is 12. The zero-order valence-corrected chi connectivity index (χ0v) is 64.5. The lowest BCUT2D eigenvalue weighted by atomic mass is 9.78. The van der Waals surface area contributed by atoms with E-state index in [9.17, 15) is 4.79 Å². The van der Waals surface area contributed by atoms with E-state index < -0.39 is 0 Å². The fourth-order valence-electron chi connectivity index (χ4n) is 20.4. The lowest BCUT2D eigenvalue weighted by Gasteiger charge is -2.26. The van der Waals surface area contributed by atoms with Crippen molar-refractivity contribution in [1.29, 1.82) is 0 Å². The second-order valence-corrected chi connectivity index (χ2v) is 37.6. The Kier molecular flexibility index (Phi) is 19.1. The number of Topliss-reactive ketones (excluding diaryl/α,β-unsaturated/α-hetero) is 1. The topological polar surface area (TPSA) is 35.5 Å². The maximum atomic E-state index is 12.1. The summed E-state index contributed by atoms with van der Waals surface area (Å²) in [6, 6.07) is 14.4. The van der Waals surface area contributed by atoms with Crippen molar-refractivity contribution in [2.75, 3.05) is 13.2 Å². The molecule has 0 spiro atoms. The van der Waals surface area contributed by atoms with Crippen LogP contribution in [-0.2, 0) is 148 Å². The van der Waals surface area contributed by atoms with Gasteiger partial charge in [0.2, 0.25) is 0 Å². The average molecular weight is 1310 g/mol. The van der Waals surface area contributed by atoms with Crippen molar-refractivity contribution in [1.82, 2.24) is 0 Å². The number of benzene rings is 6. The summed E-state index contributed by atoms with van der Waals surface area (Å²) in [5.74, 6) is 2.76. The van der Waals surface area contributed by atoms with Gasteiger partial charge in [0.05, 0.1) is 13.2 Å². The van der Waals surface area contributed by atoms with Crippen LogP contribution in [0, 0.1) is 0 Å². The molecular weight excluding hydrogens is 1190 g/mol. The summed E-state index contributed by atoms with van der Waals surface area (Å²) >= 11 is 0. The van der Waals surface area contributed by atoms with Gasteiger partial charge in [-0.25, -0.2) is 0 Å². The first kappa shape index (κ1) is 70.3. The SMILES string of the molecule is C=C1CCc2c1cc1c(c2C(C)(C)C)CCC1.CC(C)(C)c1c2c(cc3c1C(=O)CC3)CCC2.CC(C)(C)c1c2c(cc3c1CCC3)C=CC2.CC(C)(C)c1c2c(cc3c1CCC3)CC=C2.CC(C)(C)c1c2c(cc3c1CCO3)CCC2.CC(C)(C)c1c2c(cc3c1OCC3)CCC2. The van der Waals surface area contributed by atoms with Crippen LogP contribution >= 0.6 is 0 Å². The third-order valence-corrected chi connectivity index (χ3v) is 23.9. The molecule has 0 atom stereocenters. The first-order chi connectivity index (χ1) is 46.3. The maximum Gasteiger partial charge on any atom is 0.163 e. The molecule has 6 aromatic carbocycles. The summed E-state index contributed by atoms with van der Waals surface area (Å²) < 4.78 is 11.6. The number of hydrogen-bond acceptors (Lipinski definition) is 3. The van der Waals surface area contributed by atoms with E-state index >= 15 is 0 Å². The Bertz CT molecular complexity index is 4020. The number of carbonyl (C=O) groups excluding carboxylic acids is 1. The van der Waals surface area contributed by atoms with Crippen LogP contribution in [0.15, 0.2) is 55.1 Å². The van der Waals surface area contributed by atoms with Crippen LogP contribution in [0.2, 0.25) is 0 Å². The van der Waals surface area contributed by atoms with Gasteiger partial charge >= 0.3 is 0 Å². The second-order valence-electron chi connectivity index (χ2n) is 37.6. The van der Waals surface area contributed by atoms with E-state index in [2.05, 4.69) is 192 Å². The number of allylic oxidation sites excluding steroid dienone is 3. The van der Waals surface area contributed by atoms with Gasteiger partial charge in [-0.1, -0.05) is 186 Å². The molecule has 2 heterocycles. The molecule has 0 fully saturated rings. The van der Waals surface area contributed by atoms with Gasteiger partial charge < -0.3 is 9.47 Å². The minimum absolute atomic E-state index is 0.0970. The molecule has 6 aromatic rings. The van der Waals surface area contributed by atoms with Gasteiger partial charge in [0.15, 0.2) is 5.78 Å². The Morgan fingerprint density at radius 3 is 1.29 bits per heavy atom. The van der Waals surface area contributed by atoms with Gasteiger partial charge in [-0.3, -0.25) is 4.79 Å². The quantitative estimate of drug-likeness (QED) is 0.152. The first-order valence-corrected chi connectivity index (χ1v) is 39.1. The Morgan fingerprint density at radius 1 is 0.316 bits per heavy atom. The Hall–Kier alpha value is -6.19. The molecule has 3 heteroatoms. The number of carbonyl (C=O) groups is 1. The second kappa shape index (κ2) is 26.6. The summed E-state index contributed by atoms with van der Waals surface area (Å²) in [5, 5.41) is 0. The molecule has 0 N–H and O–H groups in total. The van der Waals surface area contributed by atoms with E-state index in [0.717, 1.165) is 57.3 Å². The molecule has 0 unspecified atom stereocenters. The summed E-state index contributed by atoms with van der Waals surface area (Å²) in [5.41, 5.74) is 46.1. The lowest BCUT2D eigenvalue weighted by molar-refractivity contribution is 0.0992. The van der Waals surface area contributed by atoms with E-state index in [-0.39, 0.29) is 27.1 Å². The number of rotatable bonds is 0. The standard InChI is InChI=1S/C17H22.C16H20O.2C16H20.2C15H20O/c1-11-8-9-14-15(11)10-12-6-5-7-13(12)16(14)17(2,3)4;1-16(2,3)15-12-6-4-5-10(12)9-11-7-8-13(17)14(11)15;2*1-16(2,3)15-13-8-4-6-11(13)10-12-7-5-9-14(12)15;1-15(2,3)13-12-6-4-5-10(12)9-11-7-8-16-14(11)13;1-15(2,3)14-11-6-4-5-10(11)9-13-12(14)7-8-16-13/h10H,1,5-9H2,2-4H3;9H,4-8H2,1-3H3;4,8,10H,5-7,9H2,1-3H3;4,6,10H,5,7-9H2,1-3H3;2*9H,4-8H2,1-3H3. The zero-order valence-electron chi connectivity index (χ0n) is 64.5. The van der Waals surface area contributed by atoms with Crippen molar-refractivity contribution in [2.24, 2.45) is 0 Å². The van der Waals surface area contributed by atoms with Crippen molar-refractivity contribution >= 4 is 23.5 Å². The van der Waals surface area contributed by atoms with Crippen molar-refractivity contribution in [3.63, 3.8) is 0 Å². The predicted molar refractivity (Wildman–Crippen MR) is 417 cm³/mol. The van der Waals surface area contributed by atoms with Gasteiger partial charge in [0.25, 0.3) is 0 Å². The number of ether oxygens (including phenoxy) is 2. The van der Waals surface area contributed by atoms with Crippen molar-refractivity contribution < 1.29 is 14.3 Å². The van der Waals surface area contributed by atoms with Gasteiger partial charge in [-0.15, -0.1) is 0 Å². The van der Waals surface area contributed by atoms with E-state index in [1.165, 1.54) is 201 Å². The highest BCUT2D eigenvalue weighted by Gasteiger charge is 2.38. The molecule has 520 valence electrons. The average Bonchev–Trinajstić information content (AvgIpc) is 1.61. The molecule has 0 radical (unpaired) electrons. The molecule has 12 aliphatic rings. The van der Waals surface area contributed by atoms with Crippen LogP contribution in [0.1, 0.15) is 337 Å². The smallest absolute Gasteiger partial charge is 0.163 e. The maximum absolute atomic E-state index is 12.1. The van der Waals surface area contributed by atoms with Crippen LogP contribution in [0.4, 0.5) is 0 Å². The number of ketones is 1. The largest absolute Gasteiger partial charge is 0.493 e. The van der Waals surface area contributed by atoms with E-state index in [0.29, 0.717) is 11.2 Å². The Morgan fingerprint density at radius 2 is 0.745 bits per heavy atom. The highest BCUT2D eigenvalue weighted by molar-refractivity contribution is 6.02. The Labute approximate surface area is 594 Å². The third kappa shape index (κ3) is 13.6. The number of hydrogen-bond donors (Lipinski definition) is 0. The molecule has 0 bridgehead atoms. The molecular formula is C95H122O3. The summed E-state index contributed by atoms with van der Waals surface area (Å²) in [6.45, 7) is 47.9. The van der Waals surface area contributed by atoms with E-state index in [1.54, 1.807) is 94.6 Å². The molecule has 2 aliphatic heterocycles. The van der Waals surface area contributed by atoms with Gasteiger partial charge in [-0.05, 0) is 331 Å². The van der Waals surface area contributed by atoms with E-state index in [1.807, 2.05) is 0 Å². The third-order valence-electron chi connectivity index (χ3n) is 23.9. The molecule has 0 saturated carbocycles. The summed E-state index contributed by atoms with van der Waals surface area (Å²) in [7, 11) is 0.